The quantitative estimate of drug-likeness (QED) is 0.0887. The number of aliphatic imine (C=N–C) groups is 1. The third kappa shape index (κ3) is 15.8. The summed E-state index contributed by atoms with van der Waals surface area (Å²) in [5.74, 6) is -3.84. The Morgan fingerprint density at radius 2 is 1.48 bits per heavy atom. The molecule has 0 radical (unpaired) electrons. The molecule has 3 fully saturated rings. The number of carbonyl (C=O) groups excluding carboxylic acids is 7. The zero-order chi connectivity index (χ0) is 44.4. The number of benzene rings is 2. The number of nitrogens with zero attached hydrogens (tertiary/aromatic N) is 2. The molecule has 63 heavy (non-hydrogen) atoms. The summed E-state index contributed by atoms with van der Waals surface area (Å²) in [4.78, 5) is 103. The van der Waals surface area contributed by atoms with Gasteiger partial charge in [-0.3, -0.25) is 38.6 Å². The molecule has 9 N–H and O–H groups in total. The maximum atomic E-state index is 14.5. The number of hydrogen-bond donors (Lipinski definition) is 7. The van der Waals surface area contributed by atoms with Crippen molar-refractivity contribution in [2.24, 2.45) is 28.3 Å². The number of rotatable bonds is 13. The number of ketones is 1. The Labute approximate surface area is 371 Å². The Morgan fingerprint density at radius 3 is 2.14 bits per heavy atom. The van der Waals surface area contributed by atoms with E-state index in [9.17, 15) is 33.6 Å². The average Bonchev–Trinajstić information content (AvgIpc) is 3.76. The summed E-state index contributed by atoms with van der Waals surface area (Å²) in [6, 6.07) is 13.5. The van der Waals surface area contributed by atoms with Crippen LogP contribution in [0.15, 0.2) is 65.7 Å². The van der Waals surface area contributed by atoms with Gasteiger partial charge in [-0.15, -0.1) is 0 Å². The highest BCUT2D eigenvalue weighted by molar-refractivity contribution is 5.97. The Bertz CT molecular complexity index is 1870. The molecule has 0 spiro atoms. The molecule has 16 nitrogen and oxygen atoms in total. The van der Waals surface area contributed by atoms with Crippen LogP contribution in [0.1, 0.15) is 109 Å². The van der Waals surface area contributed by atoms with E-state index in [0.29, 0.717) is 25.7 Å². The maximum absolute atomic E-state index is 14.5. The lowest BCUT2D eigenvalue weighted by atomic mass is 9.84. The smallest absolute Gasteiger partial charge is 0.245 e. The van der Waals surface area contributed by atoms with Crippen LogP contribution in [0, 0.1) is 11.8 Å². The molecule has 2 aromatic rings. The summed E-state index contributed by atoms with van der Waals surface area (Å²) in [6.45, 7) is 1.94. The lowest BCUT2D eigenvalue weighted by Gasteiger charge is -2.32. The highest BCUT2D eigenvalue weighted by Crippen LogP contribution is 2.28. The number of guanidine groups is 1. The number of Topliss-reactive ketones (excluding diaryl/α,β-unsaturated/α-hetero) is 1. The molecule has 2 aliphatic heterocycles. The van der Waals surface area contributed by atoms with Gasteiger partial charge in [0.1, 0.15) is 24.2 Å². The van der Waals surface area contributed by atoms with Gasteiger partial charge in [0, 0.05) is 45.3 Å². The predicted molar refractivity (Wildman–Crippen MR) is 242 cm³/mol. The Kier molecular flexibility index (Phi) is 20.1. The highest BCUT2D eigenvalue weighted by atomic mass is 16.2. The van der Waals surface area contributed by atoms with Crippen LogP contribution in [0.25, 0.3) is 0 Å². The first kappa shape index (κ1) is 49.9. The molecule has 1 aliphatic carbocycles. The van der Waals surface area contributed by atoms with Gasteiger partial charge in [0.2, 0.25) is 35.4 Å². The van der Waals surface area contributed by atoms with Gasteiger partial charge in [0.25, 0.3) is 0 Å². The lowest BCUT2D eigenvalue weighted by molar-refractivity contribution is -0.142. The SMILES string of the molecule is C.CC(=O)N[C@@H](Cc1ccccc1)C(=O)N[C@H]1CCCNC(=O)[C@H](CCCN=C(N)N)CC(=O)[C@H](Cc2ccccc2)NC(=O)[C@@H](CC2CCCCC2)NC(=O)[C@@H]2CCCN2C1=O. The van der Waals surface area contributed by atoms with Gasteiger partial charge >= 0.3 is 0 Å². The number of carbonyl (C=O) groups is 7. The van der Waals surface area contributed by atoms with E-state index in [-0.39, 0.29) is 89.2 Å². The molecule has 1 saturated carbocycles. The van der Waals surface area contributed by atoms with Gasteiger partial charge in [-0.25, -0.2) is 0 Å². The lowest BCUT2D eigenvalue weighted by Crippen LogP contribution is -2.59. The molecule has 0 bridgehead atoms. The van der Waals surface area contributed by atoms with Crippen LogP contribution in [0.2, 0.25) is 0 Å². The van der Waals surface area contributed by atoms with Crippen molar-refractivity contribution in [2.75, 3.05) is 19.6 Å². The van der Waals surface area contributed by atoms with Crippen molar-refractivity contribution in [2.45, 2.75) is 141 Å². The van der Waals surface area contributed by atoms with E-state index in [1.165, 1.54) is 11.8 Å². The fourth-order valence-electron chi connectivity index (χ4n) is 8.88. The van der Waals surface area contributed by atoms with Crippen molar-refractivity contribution in [3.8, 4) is 0 Å². The number of nitrogens with one attached hydrogen (secondary N) is 5. The molecule has 2 heterocycles. The fraction of sp³-hybridized carbons (Fsp3) is 0.574. The Hall–Kier alpha value is -5.80. The minimum absolute atomic E-state index is 0. The Morgan fingerprint density at radius 1 is 0.810 bits per heavy atom. The number of nitrogens with two attached hydrogens (primary N) is 2. The second-order valence-corrected chi connectivity index (χ2v) is 17.0. The van der Waals surface area contributed by atoms with Gasteiger partial charge in [0.15, 0.2) is 11.7 Å². The normalized spacial score (nSPS) is 23.6. The molecule has 5 rings (SSSR count). The molecule has 344 valence electrons. The van der Waals surface area contributed by atoms with Gasteiger partial charge in [0.05, 0.1) is 6.04 Å². The number of amides is 6. The summed E-state index contributed by atoms with van der Waals surface area (Å²) in [5, 5.41) is 14.5. The molecule has 6 atom stereocenters. The molecular weight excluding hydrogens is 803 g/mol. The van der Waals surface area contributed by atoms with Crippen LogP contribution in [-0.2, 0) is 46.4 Å². The first-order valence-corrected chi connectivity index (χ1v) is 22.3. The molecule has 0 aromatic heterocycles. The molecule has 6 amide bonds. The summed E-state index contributed by atoms with van der Waals surface area (Å²) in [7, 11) is 0. The second-order valence-electron chi connectivity index (χ2n) is 17.0. The fourth-order valence-corrected chi connectivity index (χ4v) is 8.88. The molecule has 2 saturated heterocycles. The van der Waals surface area contributed by atoms with E-state index in [0.717, 1.165) is 43.2 Å². The molecule has 3 aliphatic rings. The van der Waals surface area contributed by atoms with Crippen LogP contribution in [0.4, 0.5) is 0 Å². The van der Waals surface area contributed by atoms with Crippen molar-refractivity contribution in [3.05, 3.63) is 71.8 Å². The van der Waals surface area contributed by atoms with E-state index in [1.54, 1.807) is 0 Å². The molecule has 0 unspecified atom stereocenters. The topological polar surface area (TPSA) is 247 Å². The summed E-state index contributed by atoms with van der Waals surface area (Å²) in [6.07, 6.45) is 7.43. The van der Waals surface area contributed by atoms with Crippen molar-refractivity contribution in [1.29, 1.82) is 0 Å². The third-order valence-electron chi connectivity index (χ3n) is 12.1. The van der Waals surface area contributed by atoms with E-state index in [1.807, 2.05) is 60.7 Å². The predicted octanol–water partition coefficient (Wildman–Crippen LogP) is 2.57. The van der Waals surface area contributed by atoms with E-state index >= 15 is 0 Å². The third-order valence-corrected chi connectivity index (χ3v) is 12.1. The van der Waals surface area contributed by atoms with Crippen LogP contribution < -0.4 is 38.1 Å². The minimum Gasteiger partial charge on any atom is -0.370 e. The first-order valence-electron chi connectivity index (χ1n) is 22.3. The van der Waals surface area contributed by atoms with E-state index < -0.39 is 65.7 Å². The van der Waals surface area contributed by atoms with Crippen molar-refractivity contribution >= 4 is 47.2 Å². The zero-order valence-corrected chi connectivity index (χ0v) is 35.9. The van der Waals surface area contributed by atoms with Gasteiger partial charge in [-0.05, 0) is 68.4 Å². The van der Waals surface area contributed by atoms with Crippen molar-refractivity contribution < 1.29 is 33.6 Å². The van der Waals surface area contributed by atoms with Gasteiger partial charge in [-0.2, -0.15) is 0 Å². The maximum Gasteiger partial charge on any atom is 0.245 e. The second kappa shape index (κ2) is 25.3. The first-order chi connectivity index (χ1) is 29.9. The van der Waals surface area contributed by atoms with Gasteiger partial charge in [-0.1, -0.05) is 100 Å². The molecule has 2 aromatic carbocycles. The summed E-state index contributed by atoms with van der Waals surface area (Å²) >= 11 is 0. The molecular formula is C47H69N9O7. The monoisotopic (exact) mass is 872 g/mol. The van der Waals surface area contributed by atoms with Crippen molar-refractivity contribution in [3.63, 3.8) is 0 Å². The van der Waals surface area contributed by atoms with Gasteiger partial charge < -0.3 is 43.0 Å². The average molecular weight is 872 g/mol. The zero-order valence-electron chi connectivity index (χ0n) is 35.9. The summed E-state index contributed by atoms with van der Waals surface area (Å²) in [5.41, 5.74) is 12.7. The van der Waals surface area contributed by atoms with E-state index in [2.05, 4.69) is 31.6 Å². The number of hydrogen-bond acceptors (Lipinski definition) is 8. The largest absolute Gasteiger partial charge is 0.370 e. The number of fused-ring (bicyclic) bond motifs is 1. The molecule has 16 heteroatoms. The minimum atomic E-state index is -1.10. The van der Waals surface area contributed by atoms with Crippen LogP contribution >= 0.6 is 0 Å². The Balaban J connectivity index is 0.00000871. The van der Waals surface area contributed by atoms with Crippen LogP contribution in [0.5, 0.6) is 0 Å². The van der Waals surface area contributed by atoms with E-state index in [4.69, 9.17) is 11.5 Å². The standard InChI is InChI=1S/C46H65N9O7.CH4/c1-30(56)51-37(27-32-16-7-3-8-17-32)42(59)52-35-21-12-23-49-41(58)34(20-11-24-50-46(47)48)29-40(57)36(26-31-14-5-2-6-15-31)53-43(60)38(28-33-18-9-4-10-19-33)54-44(61)39-22-13-25-55(39)45(35)62;/h2-3,5-8,14-17,33-39H,4,9-13,18-29H2,1H3,(H,49,58)(H,51,56)(H,52,59)(H,53,60)(H,54,61)(H4,47,48,50);1H4/t34-,35+,36+,37+,38-,39+;/m1./s1. The van der Waals surface area contributed by atoms with Crippen LogP contribution in [0.3, 0.4) is 0 Å². The highest BCUT2D eigenvalue weighted by Gasteiger charge is 2.40. The summed E-state index contributed by atoms with van der Waals surface area (Å²) < 4.78 is 0. The van der Waals surface area contributed by atoms with Crippen molar-refractivity contribution in [1.82, 2.24) is 31.5 Å². The van der Waals surface area contributed by atoms with Crippen LogP contribution in [-0.4, -0.2) is 102 Å².